The first kappa shape index (κ1) is 8.13. The van der Waals surface area contributed by atoms with Gasteiger partial charge in [0.1, 0.15) is 0 Å². The number of fused-ring (bicyclic) bond motifs is 1. The predicted octanol–water partition coefficient (Wildman–Crippen LogP) is 1.73. The van der Waals surface area contributed by atoms with Crippen LogP contribution in [0.4, 0.5) is 11.4 Å². The van der Waals surface area contributed by atoms with Crippen molar-refractivity contribution in [3.05, 3.63) is 36.5 Å². The van der Waals surface area contributed by atoms with Gasteiger partial charge in [0.05, 0.1) is 11.4 Å². The Morgan fingerprint density at radius 3 is 2.92 bits per heavy atom. The minimum Gasteiger partial charge on any atom is -0.356 e. The average Bonchev–Trinajstić information content (AvgIpc) is 2.39. The maximum absolute atomic E-state index is 9.63. The lowest BCUT2D eigenvalue weighted by Gasteiger charge is -2.21. The molecular formula is C10H12N2O. The Morgan fingerprint density at radius 2 is 2.23 bits per heavy atom. The lowest BCUT2D eigenvalue weighted by atomic mass is 10.2. The first-order valence-electron chi connectivity index (χ1n) is 4.18. The Hall–Kier alpha value is -1.48. The number of aliphatic hydroxyl groups excluding tert-OH is 1. The molecule has 1 aliphatic rings. The van der Waals surface area contributed by atoms with E-state index in [0.29, 0.717) is 0 Å². The summed E-state index contributed by atoms with van der Waals surface area (Å²) in [5.74, 6) is 0. The van der Waals surface area contributed by atoms with Gasteiger partial charge in [-0.15, -0.1) is 0 Å². The maximum atomic E-state index is 9.63. The van der Waals surface area contributed by atoms with Crippen LogP contribution in [0.2, 0.25) is 0 Å². The molecule has 0 saturated heterocycles. The third-order valence-corrected chi connectivity index (χ3v) is 2.10. The zero-order chi connectivity index (χ0) is 9.42. The number of para-hydroxylation sites is 2. The zero-order valence-corrected chi connectivity index (χ0v) is 7.49. The molecule has 3 heteroatoms. The van der Waals surface area contributed by atoms with E-state index < -0.39 is 6.35 Å². The molecule has 3 nitrogen and oxygen atoms in total. The molecule has 2 rings (SSSR count). The maximum Gasteiger partial charge on any atom is 0.209 e. The van der Waals surface area contributed by atoms with Crippen LogP contribution in [0, 0.1) is 0 Å². The van der Waals surface area contributed by atoms with Crippen LogP contribution >= 0.6 is 0 Å². The van der Waals surface area contributed by atoms with Crippen molar-refractivity contribution < 1.29 is 5.11 Å². The summed E-state index contributed by atoms with van der Waals surface area (Å²) >= 11 is 0. The third kappa shape index (κ3) is 1.17. The number of benzene rings is 1. The van der Waals surface area contributed by atoms with E-state index in [2.05, 4.69) is 11.9 Å². The number of anilines is 2. The fourth-order valence-corrected chi connectivity index (χ4v) is 1.56. The van der Waals surface area contributed by atoms with Gasteiger partial charge in [-0.05, 0) is 19.1 Å². The molecule has 1 heterocycles. The summed E-state index contributed by atoms with van der Waals surface area (Å²) in [5.41, 5.74) is 2.74. The number of nitrogens with one attached hydrogen (secondary N) is 1. The van der Waals surface area contributed by atoms with Gasteiger partial charge in [0, 0.05) is 5.70 Å². The Kier molecular flexibility index (Phi) is 1.74. The van der Waals surface area contributed by atoms with Gasteiger partial charge in [-0.1, -0.05) is 18.7 Å². The van der Waals surface area contributed by atoms with Crippen LogP contribution in [0.25, 0.3) is 0 Å². The van der Waals surface area contributed by atoms with Crippen LogP contribution in [-0.4, -0.2) is 11.5 Å². The van der Waals surface area contributed by atoms with E-state index in [1.165, 1.54) is 0 Å². The number of allylic oxidation sites excluding steroid dienone is 1. The molecule has 1 aromatic rings. The van der Waals surface area contributed by atoms with Crippen molar-refractivity contribution in [1.82, 2.24) is 0 Å². The molecule has 1 aromatic carbocycles. The number of hydrogen-bond acceptors (Lipinski definition) is 3. The van der Waals surface area contributed by atoms with E-state index in [0.717, 1.165) is 17.1 Å². The van der Waals surface area contributed by atoms with Crippen LogP contribution in [0.1, 0.15) is 6.92 Å². The molecular weight excluding hydrogens is 164 g/mol. The molecule has 0 spiro atoms. The highest BCUT2D eigenvalue weighted by atomic mass is 16.3. The third-order valence-electron chi connectivity index (χ3n) is 2.10. The lowest BCUT2D eigenvalue weighted by Crippen LogP contribution is -2.33. The van der Waals surface area contributed by atoms with Crippen molar-refractivity contribution in [3.8, 4) is 0 Å². The first-order valence-corrected chi connectivity index (χ1v) is 4.18. The smallest absolute Gasteiger partial charge is 0.209 e. The minimum absolute atomic E-state index is 0.685. The van der Waals surface area contributed by atoms with Crippen molar-refractivity contribution >= 4 is 11.4 Å². The molecule has 1 aliphatic heterocycles. The molecule has 0 radical (unpaired) electrons. The van der Waals surface area contributed by atoms with Crippen LogP contribution in [0.5, 0.6) is 0 Å². The molecule has 0 bridgehead atoms. The monoisotopic (exact) mass is 176 g/mol. The first-order chi connectivity index (χ1) is 6.20. The van der Waals surface area contributed by atoms with Gasteiger partial charge in [-0.25, -0.2) is 0 Å². The SMILES string of the molecule is C=C(C)N1c2ccccc2NC1O. The summed E-state index contributed by atoms with van der Waals surface area (Å²) in [6.45, 7) is 5.68. The molecule has 1 unspecified atom stereocenters. The summed E-state index contributed by atoms with van der Waals surface area (Å²) in [5, 5.41) is 12.6. The second-order valence-corrected chi connectivity index (χ2v) is 3.14. The Morgan fingerprint density at radius 1 is 1.54 bits per heavy atom. The standard InChI is InChI=1S/C10H12N2O/c1-7(2)12-9-6-4-3-5-8(9)11-10(12)13/h3-6,10-11,13H,1H2,2H3. The Labute approximate surface area is 77.3 Å². The number of nitrogens with zero attached hydrogens (tertiary/aromatic N) is 1. The summed E-state index contributed by atoms with van der Waals surface area (Å²) in [4.78, 5) is 1.76. The number of hydrogen-bond donors (Lipinski definition) is 2. The zero-order valence-electron chi connectivity index (χ0n) is 7.49. The van der Waals surface area contributed by atoms with Gasteiger partial charge in [-0.3, -0.25) is 0 Å². The molecule has 0 fully saturated rings. The number of rotatable bonds is 1. The van der Waals surface area contributed by atoms with E-state index in [9.17, 15) is 5.11 Å². The molecule has 13 heavy (non-hydrogen) atoms. The Bertz CT molecular complexity index is 349. The van der Waals surface area contributed by atoms with Crippen LogP contribution < -0.4 is 10.2 Å². The topological polar surface area (TPSA) is 35.5 Å². The van der Waals surface area contributed by atoms with Gasteiger partial charge in [-0.2, -0.15) is 0 Å². The highest BCUT2D eigenvalue weighted by molar-refractivity contribution is 5.77. The lowest BCUT2D eigenvalue weighted by molar-refractivity contribution is 0.212. The van der Waals surface area contributed by atoms with Crippen LogP contribution in [-0.2, 0) is 0 Å². The van der Waals surface area contributed by atoms with Crippen molar-refractivity contribution in [2.75, 3.05) is 10.2 Å². The van der Waals surface area contributed by atoms with Gasteiger partial charge in [0.2, 0.25) is 6.35 Å². The second kappa shape index (κ2) is 2.78. The average molecular weight is 176 g/mol. The fraction of sp³-hybridized carbons (Fsp3) is 0.200. The molecule has 0 amide bonds. The molecule has 1 atom stereocenters. The van der Waals surface area contributed by atoms with Crippen molar-refractivity contribution in [2.45, 2.75) is 13.3 Å². The predicted molar refractivity (Wildman–Crippen MR) is 53.4 cm³/mol. The van der Waals surface area contributed by atoms with E-state index in [1.54, 1.807) is 4.90 Å². The van der Waals surface area contributed by atoms with Gasteiger partial charge in [0.15, 0.2) is 0 Å². The molecule has 0 aliphatic carbocycles. The van der Waals surface area contributed by atoms with E-state index in [-0.39, 0.29) is 0 Å². The highest BCUT2D eigenvalue weighted by Crippen LogP contribution is 2.35. The molecule has 68 valence electrons. The van der Waals surface area contributed by atoms with Crippen LogP contribution in [0.3, 0.4) is 0 Å². The van der Waals surface area contributed by atoms with Gasteiger partial charge >= 0.3 is 0 Å². The molecule has 0 aromatic heterocycles. The van der Waals surface area contributed by atoms with Crippen molar-refractivity contribution in [1.29, 1.82) is 0 Å². The summed E-state index contributed by atoms with van der Waals surface area (Å²) in [6.07, 6.45) is -0.685. The largest absolute Gasteiger partial charge is 0.356 e. The van der Waals surface area contributed by atoms with Crippen LogP contribution in [0.15, 0.2) is 36.5 Å². The quantitative estimate of drug-likeness (QED) is 0.684. The van der Waals surface area contributed by atoms with Crippen molar-refractivity contribution in [3.63, 3.8) is 0 Å². The van der Waals surface area contributed by atoms with Gasteiger partial charge < -0.3 is 15.3 Å². The Balaban J connectivity index is 2.46. The second-order valence-electron chi connectivity index (χ2n) is 3.14. The normalized spacial score (nSPS) is 19.5. The summed E-state index contributed by atoms with van der Waals surface area (Å²) in [7, 11) is 0. The van der Waals surface area contributed by atoms with Gasteiger partial charge in [0.25, 0.3) is 0 Å². The number of aliphatic hydroxyl groups is 1. The highest BCUT2D eigenvalue weighted by Gasteiger charge is 2.26. The molecule has 0 saturated carbocycles. The van der Waals surface area contributed by atoms with Crippen molar-refractivity contribution in [2.24, 2.45) is 0 Å². The summed E-state index contributed by atoms with van der Waals surface area (Å²) < 4.78 is 0. The summed E-state index contributed by atoms with van der Waals surface area (Å²) in [6, 6.07) is 7.75. The minimum atomic E-state index is -0.685. The fourth-order valence-electron chi connectivity index (χ4n) is 1.56. The van der Waals surface area contributed by atoms with E-state index in [4.69, 9.17) is 0 Å². The van der Waals surface area contributed by atoms with E-state index in [1.807, 2.05) is 31.2 Å². The van der Waals surface area contributed by atoms with E-state index >= 15 is 0 Å². The molecule has 2 N–H and O–H groups in total.